The minimum absolute atomic E-state index is 0.140. The topological polar surface area (TPSA) is 49.8 Å². The van der Waals surface area contributed by atoms with Gasteiger partial charge in [0.15, 0.2) is 0 Å². The molecule has 0 spiro atoms. The second-order valence-corrected chi connectivity index (χ2v) is 6.10. The summed E-state index contributed by atoms with van der Waals surface area (Å²) < 4.78 is 18.1. The van der Waals surface area contributed by atoms with E-state index in [4.69, 9.17) is 4.52 Å². The monoisotopic (exact) mass is 281 g/mol. The summed E-state index contributed by atoms with van der Waals surface area (Å²) in [5, 5.41) is 0. The molecule has 0 saturated heterocycles. The Morgan fingerprint density at radius 1 is 1.42 bits per heavy atom. The third-order valence-electron chi connectivity index (χ3n) is 2.86. The number of nitrogens with zero attached hydrogens (tertiary/aromatic N) is 1. The van der Waals surface area contributed by atoms with E-state index in [0.717, 1.165) is 5.56 Å². The maximum Gasteiger partial charge on any atom is 0.406 e. The van der Waals surface area contributed by atoms with Gasteiger partial charge in [-0.2, -0.15) is 4.67 Å². The van der Waals surface area contributed by atoms with Crippen molar-refractivity contribution < 1.29 is 14.0 Å². The summed E-state index contributed by atoms with van der Waals surface area (Å²) in [6.07, 6.45) is 0.667. The van der Waals surface area contributed by atoms with Gasteiger partial charge in [-0.25, -0.2) is 4.57 Å². The van der Waals surface area contributed by atoms with E-state index in [1.807, 2.05) is 37.3 Å². The molecule has 104 valence electrons. The van der Waals surface area contributed by atoms with Crippen LogP contribution in [0.3, 0.4) is 0 Å². The van der Waals surface area contributed by atoms with Crippen molar-refractivity contribution in [3.8, 4) is 11.8 Å². The van der Waals surface area contributed by atoms with Crippen molar-refractivity contribution in [3.63, 3.8) is 0 Å². The van der Waals surface area contributed by atoms with Gasteiger partial charge in [0.1, 0.15) is 0 Å². The van der Waals surface area contributed by atoms with E-state index in [2.05, 4.69) is 11.8 Å². The van der Waals surface area contributed by atoms with Crippen molar-refractivity contribution >= 4 is 7.75 Å². The van der Waals surface area contributed by atoms with Crippen LogP contribution in [0, 0.1) is 11.8 Å². The number of hydrogen-bond donors (Lipinski definition) is 1. The minimum atomic E-state index is -3.78. The average Bonchev–Trinajstić information content (AvgIpc) is 2.40. The highest BCUT2D eigenvalue weighted by Crippen LogP contribution is 2.46. The van der Waals surface area contributed by atoms with E-state index in [-0.39, 0.29) is 12.6 Å². The third-order valence-corrected chi connectivity index (χ3v) is 4.52. The van der Waals surface area contributed by atoms with Crippen LogP contribution in [0.5, 0.6) is 0 Å². The van der Waals surface area contributed by atoms with Gasteiger partial charge in [-0.1, -0.05) is 36.3 Å². The summed E-state index contributed by atoms with van der Waals surface area (Å²) in [5.41, 5.74) is 1.11. The van der Waals surface area contributed by atoms with E-state index in [1.54, 1.807) is 6.92 Å². The molecule has 1 aromatic rings. The van der Waals surface area contributed by atoms with Crippen LogP contribution in [0.1, 0.15) is 19.4 Å². The van der Waals surface area contributed by atoms with E-state index < -0.39 is 7.75 Å². The summed E-state index contributed by atoms with van der Waals surface area (Å²) in [7, 11) is -2.54. The van der Waals surface area contributed by atoms with Gasteiger partial charge in [-0.15, -0.1) is 5.92 Å². The lowest BCUT2D eigenvalue weighted by Crippen LogP contribution is -2.32. The molecule has 2 unspecified atom stereocenters. The first-order valence-corrected chi connectivity index (χ1v) is 7.63. The van der Waals surface area contributed by atoms with Gasteiger partial charge in [0.05, 0.1) is 6.54 Å². The molecule has 4 nitrogen and oxygen atoms in total. The van der Waals surface area contributed by atoms with Crippen molar-refractivity contribution in [2.45, 2.75) is 26.3 Å². The van der Waals surface area contributed by atoms with Crippen LogP contribution in [0.2, 0.25) is 0 Å². The van der Waals surface area contributed by atoms with Crippen molar-refractivity contribution in [1.82, 2.24) is 4.67 Å². The molecule has 0 bridgehead atoms. The second-order valence-electron chi connectivity index (χ2n) is 4.24. The predicted octanol–water partition coefficient (Wildman–Crippen LogP) is 2.69. The van der Waals surface area contributed by atoms with Crippen LogP contribution >= 0.6 is 7.75 Å². The summed E-state index contributed by atoms with van der Waals surface area (Å²) in [6, 6.07) is 9.70. The lowest BCUT2D eigenvalue weighted by molar-refractivity contribution is 0.219. The molecule has 5 heteroatoms. The summed E-state index contributed by atoms with van der Waals surface area (Å²) >= 11 is 0. The maximum absolute atomic E-state index is 12.0. The van der Waals surface area contributed by atoms with E-state index in [1.165, 1.54) is 11.8 Å². The van der Waals surface area contributed by atoms with E-state index >= 15 is 0 Å². The molecule has 0 aliphatic rings. The van der Waals surface area contributed by atoms with Gasteiger partial charge in [0.2, 0.25) is 0 Å². The van der Waals surface area contributed by atoms with Gasteiger partial charge in [-0.3, -0.25) is 0 Å². The molecule has 0 fully saturated rings. The van der Waals surface area contributed by atoms with Crippen LogP contribution in [-0.2, 0) is 15.5 Å². The molecule has 0 amide bonds. The average molecular weight is 281 g/mol. The standard InChI is InChI=1S/C14H20NO3P/c1-4-5-11-15(19(16,17)18-3)13(2)12-14-9-7-6-8-10-14/h6-10,13H,11-12H2,1-3H3,(H,16,17). The maximum atomic E-state index is 12.0. The van der Waals surface area contributed by atoms with Crippen LogP contribution in [0.25, 0.3) is 0 Å². The fourth-order valence-electron chi connectivity index (χ4n) is 1.82. The van der Waals surface area contributed by atoms with Crippen molar-refractivity contribution in [2.75, 3.05) is 13.7 Å². The van der Waals surface area contributed by atoms with Crippen molar-refractivity contribution in [2.24, 2.45) is 0 Å². The van der Waals surface area contributed by atoms with Crippen molar-refractivity contribution in [3.05, 3.63) is 35.9 Å². The van der Waals surface area contributed by atoms with E-state index in [9.17, 15) is 9.46 Å². The Balaban J connectivity index is 2.84. The molecule has 0 radical (unpaired) electrons. The minimum Gasteiger partial charge on any atom is -0.312 e. The molecule has 0 aromatic heterocycles. The molecule has 19 heavy (non-hydrogen) atoms. The Bertz CT molecular complexity index is 492. The molecule has 1 N–H and O–H groups in total. The summed E-state index contributed by atoms with van der Waals surface area (Å²) in [4.78, 5) is 9.85. The Kier molecular flexibility index (Phi) is 6.27. The summed E-state index contributed by atoms with van der Waals surface area (Å²) in [5.74, 6) is 5.55. The smallest absolute Gasteiger partial charge is 0.312 e. The molecule has 0 aliphatic carbocycles. The first kappa shape index (κ1) is 15.9. The fourth-order valence-corrected chi connectivity index (χ4v) is 2.86. The highest BCUT2D eigenvalue weighted by atomic mass is 31.2. The first-order valence-electron chi connectivity index (χ1n) is 6.10. The fraction of sp³-hybridized carbons (Fsp3) is 0.429. The van der Waals surface area contributed by atoms with Crippen LogP contribution in [0.4, 0.5) is 0 Å². The Morgan fingerprint density at radius 3 is 2.58 bits per heavy atom. The SMILES string of the molecule is CC#CCN(C(C)Cc1ccccc1)P(=O)(O)OC. The number of benzene rings is 1. The van der Waals surface area contributed by atoms with Crippen LogP contribution in [-0.4, -0.2) is 29.3 Å². The lowest BCUT2D eigenvalue weighted by atomic mass is 10.1. The predicted molar refractivity (Wildman–Crippen MR) is 76.6 cm³/mol. The highest BCUT2D eigenvalue weighted by Gasteiger charge is 2.31. The molecule has 1 rings (SSSR count). The third kappa shape index (κ3) is 4.81. The molecule has 0 heterocycles. The zero-order valence-corrected chi connectivity index (χ0v) is 12.4. The van der Waals surface area contributed by atoms with Gasteiger partial charge >= 0.3 is 7.75 Å². The molecule has 0 saturated carbocycles. The molecule has 2 atom stereocenters. The number of rotatable bonds is 6. The molecule has 1 aromatic carbocycles. The Hall–Kier alpha value is -1.11. The Morgan fingerprint density at radius 2 is 2.05 bits per heavy atom. The van der Waals surface area contributed by atoms with Crippen molar-refractivity contribution in [1.29, 1.82) is 0 Å². The first-order chi connectivity index (χ1) is 9.01. The zero-order chi connectivity index (χ0) is 14.3. The molecule has 0 aliphatic heterocycles. The van der Waals surface area contributed by atoms with Crippen LogP contribution < -0.4 is 0 Å². The summed E-state index contributed by atoms with van der Waals surface area (Å²) in [6.45, 7) is 3.81. The van der Waals surface area contributed by atoms with Gasteiger partial charge in [-0.05, 0) is 25.8 Å². The second kappa shape index (κ2) is 7.47. The lowest BCUT2D eigenvalue weighted by Gasteiger charge is -2.29. The number of hydrogen-bond acceptors (Lipinski definition) is 2. The van der Waals surface area contributed by atoms with Crippen LogP contribution in [0.15, 0.2) is 30.3 Å². The zero-order valence-electron chi connectivity index (χ0n) is 11.5. The molecular formula is C14H20NO3P. The highest BCUT2D eigenvalue weighted by molar-refractivity contribution is 7.50. The van der Waals surface area contributed by atoms with E-state index in [0.29, 0.717) is 6.42 Å². The normalized spacial score (nSPS) is 15.4. The molecular weight excluding hydrogens is 261 g/mol. The van der Waals surface area contributed by atoms with Gasteiger partial charge in [0.25, 0.3) is 0 Å². The van der Waals surface area contributed by atoms with Gasteiger partial charge in [0, 0.05) is 13.2 Å². The Labute approximate surface area is 115 Å². The quantitative estimate of drug-likeness (QED) is 0.643. The van der Waals surface area contributed by atoms with Gasteiger partial charge < -0.3 is 9.42 Å². The largest absolute Gasteiger partial charge is 0.406 e.